The number of nitrogens with one attached hydrogen (secondary N) is 1. The van der Waals surface area contributed by atoms with E-state index in [0.29, 0.717) is 48.2 Å². The van der Waals surface area contributed by atoms with Crippen molar-refractivity contribution in [3.63, 3.8) is 0 Å². The molecule has 188 valence electrons. The summed E-state index contributed by atoms with van der Waals surface area (Å²) in [6.45, 7) is 9.29. The van der Waals surface area contributed by atoms with Crippen molar-refractivity contribution in [1.29, 1.82) is 0 Å². The van der Waals surface area contributed by atoms with Gasteiger partial charge in [-0.05, 0) is 49.9 Å². The number of carbonyl (C=O) groups is 2. The molecule has 3 aromatic rings. The molecule has 2 heterocycles. The van der Waals surface area contributed by atoms with Gasteiger partial charge >= 0.3 is 5.97 Å². The normalized spacial score (nSPS) is 10.9. The fraction of sp³-hybridized carbons (Fsp3) is 0.423. The molecule has 0 bridgehead atoms. The molecule has 9 heteroatoms. The van der Waals surface area contributed by atoms with Crippen LogP contribution in [0.15, 0.2) is 29.6 Å². The Labute approximate surface area is 210 Å². The first-order valence-electron chi connectivity index (χ1n) is 11.6. The van der Waals surface area contributed by atoms with Crippen molar-refractivity contribution in [2.45, 2.75) is 40.7 Å². The Morgan fingerprint density at radius 3 is 2.54 bits per heavy atom. The average molecular weight is 500 g/mol. The van der Waals surface area contributed by atoms with Gasteiger partial charge in [0.2, 0.25) is 5.01 Å². The second-order valence-corrected chi connectivity index (χ2v) is 9.34. The van der Waals surface area contributed by atoms with Crippen molar-refractivity contribution < 1.29 is 23.8 Å². The molecule has 1 amide bonds. The minimum absolute atomic E-state index is 0.122. The third kappa shape index (κ3) is 6.22. The number of rotatable bonds is 11. The van der Waals surface area contributed by atoms with E-state index in [-0.39, 0.29) is 17.5 Å². The number of aryl methyl sites for hydroxylation is 1. The number of hydrogen-bond acceptors (Lipinski definition) is 7. The molecule has 3 rings (SSSR count). The average Bonchev–Trinajstić information content (AvgIpc) is 3.46. The lowest BCUT2D eigenvalue weighted by Crippen LogP contribution is -2.27. The predicted molar refractivity (Wildman–Crippen MR) is 137 cm³/mol. The monoisotopic (exact) mass is 499 g/mol. The van der Waals surface area contributed by atoms with Crippen molar-refractivity contribution in [3.8, 4) is 22.9 Å². The van der Waals surface area contributed by atoms with Crippen LogP contribution in [0.5, 0.6) is 11.5 Å². The van der Waals surface area contributed by atoms with Crippen LogP contribution in [-0.4, -0.2) is 48.8 Å². The van der Waals surface area contributed by atoms with Gasteiger partial charge in [-0.15, -0.1) is 11.3 Å². The molecule has 2 aromatic heterocycles. The lowest BCUT2D eigenvalue weighted by molar-refractivity contribution is 0.0526. The van der Waals surface area contributed by atoms with Gasteiger partial charge < -0.3 is 24.1 Å². The van der Waals surface area contributed by atoms with Crippen molar-refractivity contribution >= 4 is 23.2 Å². The van der Waals surface area contributed by atoms with E-state index < -0.39 is 5.97 Å². The van der Waals surface area contributed by atoms with Gasteiger partial charge in [-0.2, -0.15) is 0 Å². The summed E-state index contributed by atoms with van der Waals surface area (Å²) < 4.78 is 17.9. The Kier molecular flexibility index (Phi) is 8.92. The first kappa shape index (κ1) is 26.3. The van der Waals surface area contributed by atoms with E-state index in [1.165, 1.54) is 11.3 Å². The standard InChI is InChI=1S/C26H33N3O5S/c1-7-34-26(31)25-28-20(15-35-25)21-13-19(24(30)27-14-16(2)3)17(4)29(21)11-10-18-8-9-22(32-5)23(12-18)33-6/h8-9,12-13,15-16H,7,10-11,14H2,1-6H3,(H,27,30). The number of thiazole rings is 1. The number of methoxy groups -OCH3 is 2. The summed E-state index contributed by atoms with van der Waals surface area (Å²) in [6, 6.07) is 7.69. The zero-order valence-electron chi connectivity index (χ0n) is 21.1. The Morgan fingerprint density at radius 1 is 1.14 bits per heavy atom. The van der Waals surface area contributed by atoms with Crippen LogP contribution in [0.1, 0.15) is 52.2 Å². The molecular weight excluding hydrogens is 466 g/mol. The summed E-state index contributed by atoms with van der Waals surface area (Å²) in [5.41, 5.74) is 3.92. The van der Waals surface area contributed by atoms with Crippen molar-refractivity contribution in [2.75, 3.05) is 27.4 Å². The van der Waals surface area contributed by atoms with Gasteiger partial charge in [0.05, 0.1) is 37.8 Å². The number of carbonyl (C=O) groups excluding carboxylic acids is 2. The molecule has 35 heavy (non-hydrogen) atoms. The van der Waals surface area contributed by atoms with Gasteiger partial charge in [-0.3, -0.25) is 4.79 Å². The second kappa shape index (κ2) is 11.9. The third-order valence-corrected chi connectivity index (χ3v) is 6.39. The SMILES string of the molecule is CCOC(=O)c1nc(-c2cc(C(=O)NCC(C)C)c(C)n2CCc2ccc(OC)c(OC)c2)cs1. The van der Waals surface area contributed by atoms with Crippen molar-refractivity contribution in [1.82, 2.24) is 14.9 Å². The first-order valence-corrected chi connectivity index (χ1v) is 12.5. The van der Waals surface area contributed by atoms with Crippen LogP contribution >= 0.6 is 11.3 Å². The molecule has 0 unspecified atom stereocenters. The minimum atomic E-state index is -0.446. The Bertz CT molecular complexity index is 1180. The Hall–Kier alpha value is -3.33. The summed E-state index contributed by atoms with van der Waals surface area (Å²) in [5.74, 6) is 1.12. The van der Waals surface area contributed by atoms with E-state index >= 15 is 0 Å². The van der Waals surface area contributed by atoms with Crippen LogP contribution in [0, 0.1) is 12.8 Å². The number of benzene rings is 1. The van der Waals surface area contributed by atoms with Crippen molar-refractivity contribution in [3.05, 3.63) is 51.5 Å². The third-order valence-electron chi connectivity index (χ3n) is 5.57. The second-order valence-electron chi connectivity index (χ2n) is 8.48. The number of nitrogens with zero attached hydrogens (tertiary/aromatic N) is 2. The lowest BCUT2D eigenvalue weighted by atomic mass is 10.1. The van der Waals surface area contributed by atoms with Crippen LogP contribution in [0.4, 0.5) is 0 Å². The zero-order valence-corrected chi connectivity index (χ0v) is 22.0. The highest BCUT2D eigenvalue weighted by Crippen LogP contribution is 2.30. The largest absolute Gasteiger partial charge is 0.493 e. The zero-order chi connectivity index (χ0) is 25.5. The number of amides is 1. The molecule has 0 radical (unpaired) electrons. The highest BCUT2D eigenvalue weighted by atomic mass is 32.1. The van der Waals surface area contributed by atoms with Crippen LogP contribution in [0.3, 0.4) is 0 Å². The maximum absolute atomic E-state index is 12.9. The fourth-order valence-corrected chi connectivity index (χ4v) is 4.43. The Morgan fingerprint density at radius 2 is 1.89 bits per heavy atom. The summed E-state index contributed by atoms with van der Waals surface area (Å²) >= 11 is 1.23. The van der Waals surface area contributed by atoms with Gasteiger partial charge in [0, 0.05) is 24.2 Å². The first-order chi connectivity index (χ1) is 16.8. The summed E-state index contributed by atoms with van der Waals surface area (Å²) in [4.78, 5) is 29.6. The predicted octanol–water partition coefficient (Wildman–Crippen LogP) is 4.74. The molecule has 1 aromatic carbocycles. The van der Waals surface area contributed by atoms with E-state index in [9.17, 15) is 9.59 Å². The van der Waals surface area contributed by atoms with Crippen molar-refractivity contribution in [2.24, 2.45) is 5.92 Å². The van der Waals surface area contributed by atoms with Crippen LogP contribution < -0.4 is 14.8 Å². The summed E-state index contributed by atoms with van der Waals surface area (Å²) in [5, 5.41) is 5.11. The van der Waals surface area contributed by atoms with Crippen LogP contribution in [0.2, 0.25) is 0 Å². The molecule has 0 saturated carbocycles. The van der Waals surface area contributed by atoms with E-state index in [4.69, 9.17) is 14.2 Å². The van der Waals surface area contributed by atoms with Gasteiger partial charge in [0.25, 0.3) is 5.91 Å². The number of aromatic nitrogens is 2. The molecule has 0 atom stereocenters. The summed E-state index contributed by atoms with van der Waals surface area (Å²) in [7, 11) is 3.22. The van der Waals surface area contributed by atoms with E-state index in [1.807, 2.05) is 36.6 Å². The Balaban J connectivity index is 1.95. The van der Waals surface area contributed by atoms with Crippen LogP contribution in [0.25, 0.3) is 11.4 Å². The molecule has 1 N–H and O–H groups in total. The minimum Gasteiger partial charge on any atom is -0.493 e. The fourth-order valence-electron chi connectivity index (χ4n) is 3.72. The van der Waals surface area contributed by atoms with E-state index in [0.717, 1.165) is 17.0 Å². The number of hydrogen-bond donors (Lipinski definition) is 1. The molecule has 0 aliphatic carbocycles. The van der Waals surface area contributed by atoms with Gasteiger partial charge in [0.15, 0.2) is 11.5 Å². The smallest absolute Gasteiger partial charge is 0.367 e. The quantitative estimate of drug-likeness (QED) is 0.383. The topological polar surface area (TPSA) is 91.7 Å². The molecule has 0 aliphatic rings. The van der Waals surface area contributed by atoms with E-state index in [2.05, 4.69) is 28.7 Å². The van der Waals surface area contributed by atoms with E-state index in [1.54, 1.807) is 21.1 Å². The molecule has 0 saturated heterocycles. The lowest BCUT2D eigenvalue weighted by Gasteiger charge is -2.13. The van der Waals surface area contributed by atoms with Gasteiger partial charge in [-0.1, -0.05) is 19.9 Å². The highest BCUT2D eigenvalue weighted by molar-refractivity contribution is 7.11. The summed E-state index contributed by atoms with van der Waals surface area (Å²) in [6.07, 6.45) is 0.699. The maximum Gasteiger partial charge on any atom is 0.367 e. The van der Waals surface area contributed by atoms with Gasteiger partial charge in [-0.25, -0.2) is 9.78 Å². The van der Waals surface area contributed by atoms with Gasteiger partial charge in [0.1, 0.15) is 0 Å². The molecule has 0 fully saturated rings. The molecule has 8 nitrogen and oxygen atoms in total. The molecule has 0 spiro atoms. The number of esters is 1. The maximum atomic E-state index is 12.9. The number of ether oxygens (including phenoxy) is 3. The highest BCUT2D eigenvalue weighted by Gasteiger charge is 2.22. The van der Waals surface area contributed by atoms with Crippen LogP contribution in [-0.2, 0) is 17.7 Å². The molecule has 0 aliphatic heterocycles. The molecular formula is C26H33N3O5S.